The van der Waals surface area contributed by atoms with Gasteiger partial charge in [0.15, 0.2) is 0 Å². The first kappa shape index (κ1) is 18.9. The molecule has 1 heterocycles. The third kappa shape index (κ3) is 4.17. The van der Waals surface area contributed by atoms with Crippen molar-refractivity contribution in [3.63, 3.8) is 0 Å². The van der Waals surface area contributed by atoms with Crippen molar-refractivity contribution in [2.24, 2.45) is 5.92 Å². The lowest BCUT2D eigenvalue weighted by atomic mass is 9.77. The molecule has 4 rings (SSSR count). The number of fused-ring (bicyclic) bond motifs is 1. The molecule has 0 bridgehead atoms. The van der Waals surface area contributed by atoms with Crippen LogP contribution in [0.4, 0.5) is 4.39 Å². The summed E-state index contributed by atoms with van der Waals surface area (Å²) in [5.74, 6) is 0.247. The molecular formula is C23H22ClFN2O. The van der Waals surface area contributed by atoms with Crippen molar-refractivity contribution in [1.29, 1.82) is 0 Å². The molecule has 3 nitrogen and oxygen atoms in total. The molecule has 5 heteroatoms. The van der Waals surface area contributed by atoms with Crippen LogP contribution in [0.3, 0.4) is 0 Å². The Hall–Kier alpha value is -2.46. The van der Waals surface area contributed by atoms with Crippen LogP contribution in [0.2, 0.25) is 5.02 Å². The number of benzene rings is 2. The fraction of sp³-hybridized carbons (Fsp3) is 0.304. The molecule has 1 fully saturated rings. The van der Waals surface area contributed by atoms with Crippen LogP contribution >= 0.6 is 11.6 Å². The van der Waals surface area contributed by atoms with Gasteiger partial charge in [-0.05, 0) is 79.1 Å². The Balaban J connectivity index is 1.37. The van der Waals surface area contributed by atoms with E-state index in [2.05, 4.69) is 10.3 Å². The second-order valence-electron chi connectivity index (χ2n) is 7.45. The molecule has 1 aromatic heterocycles. The van der Waals surface area contributed by atoms with Gasteiger partial charge in [0.1, 0.15) is 5.82 Å². The zero-order valence-corrected chi connectivity index (χ0v) is 16.3. The van der Waals surface area contributed by atoms with E-state index in [4.69, 9.17) is 11.6 Å². The van der Waals surface area contributed by atoms with Crippen molar-refractivity contribution < 1.29 is 9.18 Å². The van der Waals surface area contributed by atoms with E-state index < -0.39 is 0 Å². The molecule has 0 unspecified atom stereocenters. The Morgan fingerprint density at radius 2 is 1.82 bits per heavy atom. The Labute approximate surface area is 168 Å². The van der Waals surface area contributed by atoms with Crippen LogP contribution in [0.25, 0.3) is 10.9 Å². The van der Waals surface area contributed by atoms with Crippen LogP contribution in [-0.4, -0.2) is 10.9 Å². The fourth-order valence-electron chi connectivity index (χ4n) is 4.10. The zero-order valence-electron chi connectivity index (χ0n) is 15.5. The molecule has 0 atom stereocenters. The molecule has 3 aromatic rings. The van der Waals surface area contributed by atoms with Gasteiger partial charge < -0.3 is 5.32 Å². The summed E-state index contributed by atoms with van der Waals surface area (Å²) in [6.45, 7) is 0.518. The second kappa shape index (κ2) is 8.27. The highest BCUT2D eigenvalue weighted by Crippen LogP contribution is 2.38. The average Bonchev–Trinajstić information content (AvgIpc) is 2.73. The van der Waals surface area contributed by atoms with E-state index in [-0.39, 0.29) is 17.6 Å². The number of pyridine rings is 1. The predicted molar refractivity (Wildman–Crippen MR) is 110 cm³/mol. The molecule has 0 aliphatic heterocycles. The molecule has 0 spiro atoms. The van der Waals surface area contributed by atoms with Crippen molar-refractivity contribution in [3.05, 3.63) is 76.7 Å². The van der Waals surface area contributed by atoms with Gasteiger partial charge in [-0.25, -0.2) is 4.39 Å². The maximum absolute atomic E-state index is 13.7. The van der Waals surface area contributed by atoms with Crippen LogP contribution in [0.15, 0.2) is 54.7 Å². The summed E-state index contributed by atoms with van der Waals surface area (Å²) in [6.07, 6.45) is 5.33. The van der Waals surface area contributed by atoms with Gasteiger partial charge in [-0.2, -0.15) is 0 Å². The third-order valence-corrected chi connectivity index (χ3v) is 5.91. The highest BCUT2D eigenvalue weighted by atomic mass is 35.5. The van der Waals surface area contributed by atoms with Gasteiger partial charge in [0.25, 0.3) is 0 Å². The first-order chi connectivity index (χ1) is 13.6. The first-order valence-corrected chi connectivity index (χ1v) is 10.0. The van der Waals surface area contributed by atoms with Gasteiger partial charge in [-0.15, -0.1) is 0 Å². The lowest BCUT2D eigenvalue weighted by Gasteiger charge is -2.28. The Bertz CT molecular complexity index is 982. The maximum atomic E-state index is 13.7. The Morgan fingerprint density at radius 1 is 1.07 bits per heavy atom. The molecule has 0 radical (unpaired) electrons. The molecule has 1 N–H and O–H groups in total. The normalized spacial score (nSPS) is 19.5. The minimum absolute atomic E-state index is 0.0355. The number of amides is 1. The molecule has 1 aliphatic carbocycles. The van der Waals surface area contributed by atoms with Crippen molar-refractivity contribution in [2.75, 3.05) is 0 Å². The second-order valence-corrected chi connectivity index (χ2v) is 7.89. The number of halogens is 2. The number of nitrogens with one attached hydrogen (secondary N) is 1. The summed E-state index contributed by atoms with van der Waals surface area (Å²) in [5.41, 5.74) is 3.00. The van der Waals surface area contributed by atoms with Crippen molar-refractivity contribution in [3.8, 4) is 0 Å². The SMILES string of the molecule is O=C(NCc1ccc(Cl)cc1)[C@H]1CC[C@@H](c2ccnc3ccc(F)cc32)CC1. The maximum Gasteiger partial charge on any atom is 0.223 e. The molecule has 1 aliphatic rings. The Morgan fingerprint density at radius 3 is 2.57 bits per heavy atom. The van der Waals surface area contributed by atoms with E-state index in [0.29, 0.717) is 17.5 Å². The topological polar surface area (TPSA) is 42.0 Å². The number of carbonyl (C=O) groups excluding carboxylic acids is 1. The van der Waals surface area contributed by atoms with Crippen molar-refractivity contribution >= 4 is 28.4 Å². The van der Waals surface area contributed by atoms with E-state index in [0.717, 1.165) is 47.7 Å². The summed E-state index contributed by atoms with van der Waals surface area (Å²) in [7, 11) is 0. The standard InChI is InChI=1S/C23H22ClFN2O/c24-18-7-1-15(2-8-18)14-27-23(28)17-5-3-16(4-6-17)20-11-12-26-22-10-9-19(25)13-21(20)22/h1-2,7-13,16-17H,3-6,14H2,(H,27,28)/t16-,17+. The van der Waals surface area contributed by atoms with Gasteiger partial charge in [-0.3, -0.25) is 9.78 Å². The third-order valence-electron chi connectivity index (χ3n) is 5.66. The number of rotatable bonds is 4. The number of nitrogens with zero attached hydrogens (tertiary/aromatic N) is 1. The smallest absolute Gasteiger partial charge is 0.223 e. The van der Waals surface area contributed by atoms with E-state index >= 15 is 0 Å². The minimum Gasteiger partial charge on any atom is -0.352 e. The summed E-state index contributed by atoms with van der Waals surface area (Å²) in [6, 6.07) is 14.2. The number of hydrogen-bond acceptors (Lipinski definition) is 2. The Kier molecular flexibility index (Phi) is 5.58. The van der Waals surface area contributed by atoms with E-state index in [9.17, 15) is 9.18 Å². The molecule has 0 saturated heterocycles. The van der Waals surface area contributed by atoms with Crippen LogP contribution in [0, 0.1) is 11.7 Å². The minimum atomic E-state index is -0.239. The quantitative estimate of drug-likeness (QED) is 0.622. The predicted octanol–water partition coefficient (Wildman–Crippen LogP) is 5.62. The van der Waals surface area contributed by atoms with E-state index in [1.807, 2.05) is 30.3 Å². The molecule has 28 heavy (non-hydrogen) atoms. The van der Waals surface area contributed by atoms with E-state index in [1.54, 1.807) is 18.3 Å². The van der Waals surface area contributed by atoms with Crippen molar-refractivity contribution in [2.45, 2.75) is 38.1 Å². The average molecular weight is 397 g/mol. The summed E-state index contributed by atoms with van der Waals surface area (Å²) in [4.78, 5) is 16.9. The highest BCUT2D eigenvalue weighted by Gasteiger charge is 2.27. The molecule has 1 amide bonds. The number of carbonyl (C=O) groups is 1. The summed E-state index contributed by atoms with van der Waals surface area (Å²) < 4.78 is 13.7. The highest BCUT2D eigenvalue weighted by molar-refractivity contribution is 6.30. The van der Waals surface area contributed by atoms with Gasteiger partial charge in [0.05, 0.1) is 5.52 Å². The van der Waals surface area contributed by atoms with Gasteiger partial charge in [0.2, 0.25) is 5.91 Å². The van der Waals surface area contributed by atoms with Gasteiger partial charge >= 0.3 is 0 Å². The summed E-state index contributed by atoms with van der Waals surface area (Å²) >= 11 is 5.89. The molecule has 1 saturated carbocycles. The van der Waals surface area contributed by atoms with Crippen LogP contribution in [0.1, 0.15) is 42.7 Å². The van der Waals surface area contributed by atoms with Crippen LogP contribution in [0.5, 0.6) is 0 Å². The number of hydrogen-bond donors (Lipinski definition) is 1. The van der Waals surface area contributed by atoms with Crippen LogP contribution < -0.4 is 5.32 Å². The zero-order chi connectivity index (χ0) is 19.5. The molecule has 2 aromatic carbocycles. The number of aromatic nitrogens is 1. The lowest BCUT2D eigenvalue weighted by molar-refractivity contribution is -0.126. The molecule has 144 valence electrons. The largest absolute Gasteiger partial charge is 0.352 e. The van der Waals surface area contributed by atoms with Crippen molar-refractivity contribution in [1.82, 2.24) is 10.3 Å². The van der Waals surface area contributed by atoms with E-state index in [1.165, 1.54) is 6.07 Å². The molecular weight excluding hydrogens is 375 g/mol. The van der Waals surface area contributed by atoms with Gasteiger partial charge in [0, 0.05) is 29.1 Å². The lowest BCUT2D eigenvalue weighted by Crippen LogP contribution is -2.32. The fourth-order valence-corrected chi connectivity index (χ4v) is 4.22. The monoisotopic (exact) mass is 396 g/mol. The summed E-state index contributed by atoms with van der Waals surface area (Å²) in [5, 5.41) is 4.62. The first-order valence-electron chi connectivity index (χ1n) is 9.66. The van der Waals surface area contributed by atoms with Gasteiger partial charge in [-0.1, -0.05) is 23.7 Å². The van der Waals surface area contributed by atoms with Crippen LogP contribution in [-0.2, 0) is 11.3 Å².